The topological polar surface area (TPSA) is 106 Å². The van der Waals surface area contributed by atoms with Crippen LogP contribution in [0.1, 0.15) is 11.1 Å². The van der Waals surface area contributed by atoms with E-state index >= 15 is 0 Å². The molecule has 1 aromatic carbocycles. The van der Waals surface area contributed by atoms with Gasteiger partial charge in [0, 0.05) is 20.1 Å². The number of H-pyrrole nitrogens is 1. The van der Waals surface area contributed by atoms with E-state index in [-0.39, 0.29) is 22.5 Å². The Hall–Kier alpha value is -2.09. The van der Waals surface area contributed by atoms with Crippen molar-refractivity contribution in [2.75, 3.05) is 5.73 Å². The Balaban J connectivity index is 3.05. The lowest BCUT2D eigenvalue weighted by atomic mass is 9.97. The van der Waals surface area contributed by atoms with Crippen molar-refractivity contribution in [3.8, 4) is 23.3 Å². The highest BCUT2D eigenvalue weighted by molar-refractivity contribution is 9.11. The number of nitrogens with two attached hydrogens (primary N) is 1. The van der Waals surface area contributed by atoms with Gasteiger partial charge in [-0.3, -0.25) is 4.79 Å². The molecule has 3 N–H and O–H groups in total. The summed E-state index contributed by atoms with van der Waals surface area (Å²) in [6.07, 6.45) is 0. The van der Waals surface area contributed by atoms with E-state index in [1.807, 2.05) is 12.1 Å². The smallest absolute Gasteiger partial charge is 0.268 e. The average molecular weight is 394 g/mol. The predicted molar refractivity (Wildman–Crippen MR) is 81.7 cm³/mol. The Morgan fingerprint density at radius 3 is 2.10 bits per heavy atom. The number of aromatic nitrogens is 1. The van der Waals surface area contributed by atoms with Crippen molar-refractivity contribution in [2.45, 2.75) is 0 Å². The second-order valence-electron chi connectivity index (χ2n) is 3.81. The summed E-state index contributed by atoms with van der Waals surface area (Å²) in [5, 5.41) is 18.5. The quantitative estimate of drug-likeness (QED) is 0.776. The minimum atomic E-state index is -0.623. The first-order valence-corrected chi connectivity index (χ1v) is 6.90. The first-order chi connectivity index (χ1) is 9.51. The normalized spacial score (nSPS) is 9.80. The van der Waals surface area contributed by atoms with Crippen LogP contribution in [-0.2, 0) is 0 Å². The molecule has 0 aliphatic rings. The Morgan fingerprint density at radius 2 is 1.60 bits per heavy atom. The van der Waals surface area contributed by atoms with Crippen molar-refractivity contribution in [2.24, 2.45) is 0 Å². The number of benzene rings is 1. The minimum Gasteiger partial charge on any atom is -0.384 e. The molecule has 2 aromatic rings. The Kier molecular flexibility index (Phi) is 3.93. The number of rotatable bonds is 1. The van der Waals surface area contributed by atoms with Gasteiger partial charge in [-0.25, -0.2) is 0 Å². The molecule has 0 fully saturated rings. The van der Waals surface area contributed by atoms with E-state index in [0.29, 0.717) is 14.5 Å². The van der Waals surface area contributed by atoms with Crippen LogP contribution in [-0.4, -0.2) is 4.98 Å². The molecule has 0 saturated carbocycles. The molecule has 1 aromatic heterocycles. The number of nitriles is 2. The summed E-state index contributed by atoms with van der Waals surface area (Å²) in [6.45, 7) is 0. The van der Waals surface area contributed by atoms with Crippen molar-refractivity contribution in [1.82, 2.24) is 4.98 Å². The molecule has 0 aliphatic carbocycles. The SMILES string of the molecule is N#Cc1c(N)[nH]c(=O)c(C#N)c1-c1c(Br)cccc1Br. The molecular weight excluding hydrogens is 388 g/mol. The number of hydrogen-bond acceptors (Lipinski definition) is 4. The fourth-order valence-corrected chi connectivity index (χ4v) is 3.22. The van der Waals surface area contributed by atoms with Gasteiger partial charge in [0.15, 0.2) is 0 Å². The van der Waals surface area contributed by atoms with Gasteiger partial charge in [0.1, 0.15) is 29.1 Å². The zero-order chi connectivity index (χ0) is 14.9. The third-order valence-corrected chi connectivity index (χ3v) is 4.00. The highest BCUT2D eigenvalue weighted by atomic mass is 79.9. The number of anilines is 1. The molecule has 0 saturated heterocycles. The van der Waals surface area contributed by atoms with Gasteiger partial charge in [-0.15, -0.1) is 0 Å². The molecule has 1 heterocycles. The fourth-order valence-electron chi connectivity index (χ4n) is 1.83. The van der Waals surface area contributed by atoms with Crippen LogP contribution in [0.3, 0.4) is 0 Å². The predicted octanol–water partition coefficient (Wildman–Crippen LogP) is 2.89. The molecule has 5 nitrogen and oxygen atoms in total. The molecule has 0 amide bonds. The summed E-state index contributed by atoms with van der Waals surface area (Å²) >= 11 is 6.72. The third kappa shape index (κ3) is 2.22. The number of nitrogens with one attached hydrogen (secondary N) is 1. The number of hydrogen-bond donors (Lipinski definition) is 2. The number of nitrogens with zero attached hydrogens (tertiary/aromatic N) is 2. The summed E-state index contributed by atoms with van der Waals surface area (Å²) in [4.78, 5) is 14.2. The fraction of sp³-hybridized carbons (Fsp3) is 0. The monoisotopic (exact) mass is 392 g/mol. The van der Waals surface area contributed by atoms with Gasteiger partial charge in [0.2, 0.25) is 0 Å². The van der Waals surface area contributed by atoms with Crippen LogP contribution in [0.25, 0.3) is 11.1 Å². The molecule has 0 aliphatic heterocycles. The maximum atomic E-state index is 11.9. The molecule has 7 heteroatoms. The molecule has 0 spiro atoms. The van der Waals surface area contributed by atoms with Crippen LogP contribution in [0.5, 0.6) is 0 Å². The average Bonchev–Trinajstić information content (AvgIpc) is 2.38. The second kappa shape index (κ2) is 5.49. The van der Waals surface area contributed by atoms with E-state index in [9.17, 15) is 15.3 Å². The molecule has 0 atom stereocenters. The van der Waals surface area contributed by atoms with Crippen molar-refractivity contribution in [3.63, 3.8) is 0 Å². The maximum absolute atomic E-state index is 11.9. The number of pyridine rings is 1. The molecule has 0 bridgehead atoms. The summed E-state index contributed by atoms with van der Waals surface area (Å²) < 4.78 is 1.29. The molecular formula is C13H6Br2N4O. The molecule has 20 heavy (non-hydrogen) atoms. The Morgan fingerprint density at radius 1 is 1.05 bits per heavy atom. The van der Waals surface area contributed by atoms with E-state index in [1.54, 1.807) is 18.2 Å². The number of aromatic amines is 1. The van der Waals surface area contributed by atoms with Gasteiger partial charge in [-0.1, -0.05) is 37.9 Å². The van der Waals surface area contributed by atoms with Crippen LogP contribution in [0.2, 0.25) is 0 Å². The Labute approximate surface area is 130 Å². The minimum absolute atomic E-state index is 0.0610. The van der Waals surface area contributed by atoms with Crippen molar-refractivity contribution < 1.29 is 0 Å². The van der Waals surface area contributed by atoms with Gasteiger partial charge >= 0.3 is 0 Å². The molecule has 2 rings (SSSR count). The van der Waals surface area contributed by atoms with E-state index in [2.05, 4.69) is 36.8 Å². The standard InChI is InChI=1S/C13H6Br2N4O/c14-8-2-1-3-9(15)11(8)10-6(4-16)12(18)19-13(20)7(10)5-17/h1-3H,(H3,18,19,20). The summed E-state index contributed by atoms with van der Waals surface area (Å²) in [7, 11) is 0. The van der Waals surface area contributed by atoms with Crippen LogP contribution in [0.15, 0.2) is 31.9 Å². The summed E-state index contributed by atoms with van der Waals surface area (Å²) in [6, 6.07) is 9.04. The van der Waals surface area contributed by atoms with Gasteiger partial charge in [0.05, 0.1) is 0 Å². The van der Waals surface area contributed by atoms with Crippen molar-refractivity contribution in [1.29, 1.82) is 10.5 Å². The van der Waals surface area contributed by atoms with Crippen LogP contribution >= 0.6 is 31.9 Å². The lowest BCUT2D eigenvalue weighted by molar-refractivity contribution is 1.21. The van der Waals surface area contributed by atoms with E-state index in [4.69, 9.17) is 5.73 Å². The largest absolute Gasteiger partial charge is 0.384 e. The lowest BCUT2D eigenvalue weighted by Crippen LogP contribution is -2.16. The van der Waals surface area contributed by atoms with Gasteiger partial charge in [-0.05, 0) is 12.1 Å². The van der Waals surface area contributed by atoms with Gasteiger partial charge < -0.3 is 10.7 Å². The van der Waals surface area contributed by atoms with Crippen LogP contribution in [0.4, 0.5) is 5.82 Å². The molecule has 98 valence electrons. The zero-order valence-electron chi connectivity index (χ0n) is 9.87. The van der Waals surface area contributed by atoms with Crippen LogP contribution in [0, 0.1) is 22.7 Å². The second-order valence-corrected chi connectivity index (χ2v) is 5.52. The summed E-state index contributed by atoms with van der Waals surface area (Å²) in [5.74, 6) is -0.0610. The molecule has 0 unspecified atom stereocenters. The third-order valence-electron chi connectivity index (χ3n) is 2.68. The highest BCUT2D eigenvalue weighted by Gasteiger charge is 2.21. The van der Waals surface area contributed by atoms with Gasteiger partial charge in [0.25, 0.3) is 5.56 Å². The van der Waals surface area contributed by atoms with Crippen molar-refractivity contribution >= 4 is 37.7 Å². The van der Waals surface area contributed by atoms with E-state index in [0.717, 1.165) is 0 Å². The first kappa shape index (κ1) is 14.3. The maximum Gasteiger partial charge on any atom is 0.268 e. The summed E-state index contributed by atoms with van der Waals surface area (Å²) in [5.41, 5.74) is 5.72. The molecule has 0 radical (unpaired) electrons. The van der Waals surface area contributed by atoms with Gasteiger partial charge in [-0.2, -0.15) is 10.5 Å². The Bertz CT molecular complexity index is 823. The first-order valence-electron chi connectivity index (χ1n) is 5.31. The van der Waals surface area contributed by atoms with E-state index in [1.165, 1.54) is 0 Å². The van der Waals surface area contributed by atoms with E-state index < -0.39 is 5.56 Å². The lowest BCUT2D eigenvalue weighted by Gasteiger charge is -2.12. The highest BCUT2D eigenvalue weighted by Crippen LogP contribution is 2.38. The van der Waals surface area contributed by atoms with Crippen LogP contribution < -0.4 is 11.3 Å². The van der Waals surface area contributed by atoms with Crippen molar-refractivity contribution in [3.05, 3.63) is 48.6 Å². The number of nitrogen functional groups attached to an aromatic ring is 1. The zero-order valence-corrected chi connectivity index (χ0v) is 13.0. The number of halogens is 2.